The monoisotopic (exact) mass is 442 g/mol. The molecule has 2 aliphatic rings. The number of likely N-dealkylation sites (N-methyl/N-ethyl adjacent to an activating group) is 1. The normalized spacial score (nSPS) is 24.2. The Morgan fingerprint density at radius 2 is 1.72 bits per heavy atom. The lowest BCUT2D eigenvalue weighted by Gasteiger charge is -2.27. The average molecular weight is 442 g/mol. The molecule has 1 spiro atoms. The second kappa shape index (κ2) is 6.83. The average Bonchev–Trinajstić information content (AvgIpc) is 3.33. The van der Waals surface area contributed by atoms with Crippen molar-refractivity contribution in [1.82, 2.24) is 14.8 Å². The summed E-state index contributed by atoms with van der Waals surface area (Å²) >= 11 is 0. The molecule has 0 aliphatic carbocycles. The summed E-state index contributed by atoms with van der Waals surface area (Å²) in [5.41, 5.74) is 0.0540. The number of fused-ring (bicyclic) bond motifs is 1. The van der Waals surface area contributed by atoms with Gasteiger partial charge in [0.1, 0.15) is 5.54 Å². The van der Waals surface area contributed by atoms with Crippen LogP contribution in [-0.2, 0) is 18.0 Å². The highest BCUT2D eigenvalue weighted by Gasteiger charge is 2.60. The van der Waals surface area contributed by atoms with Crippen LogP contribution in [0.5, 0.6) is 0 Å². The van der Waals surface area contributed by atoms with Crippen LogP contribution in [-0.4, -0.2) is 47.1 Å². The minimum absolute atomic E-state index is 0.114. The Balaban J connectivity index is 1.56. The van der Waals surface area contributed by atoms with Crippen molar-refractivity contribution in [2.45, 2.75) is 17.6 Å². The molecule has 3 aromatic rings. The number of amides is 3. The molecule has 0 bridgehead atoms. The van der Waals surface area contributed by atoms with Crippen LogP contribution in [0.2, 0.25) is 0 Å². The van der Waals surface area contributed by atoms with Gasteiger partial charge in [-0.3, -0.25) is 4.79 Å². The minimum atomic E-state index is -4.50. The molecule has 0 unspecified atom stereocenters. The number of aryl methyl sites for hydroxylation is 1. The summed E-state index contributed by atoms with van der Waals surface area (Å²) in [5, 5.41) is 3.89. The summed E-state index contributed by atoms with van der Waals surface area (Å²) in [5.74, 6) is -0.765. The van der Waals surface area contributed by atoms with Crippen molar-refractivity contribution in [2.75, 3.05) is 25.0 Å². The first-order chi connectivity index (χ1) is 15.1. The molecule has 9 heteroatoms. The number of halogens is 3. The number of hydrogen-bond acceptors (Lipinski definition) is 3. The minimum Gasteiger partial charge on any atom is -0.350 e. The number of rotatable bonds is 2. The molecule has 2 aliphatic heterocycles. The number of nitrogens with zero attached hydrogens (tertiary/aromatic N) is 3. The lowest BCUT2D eigenvalue weighted by Crippen LogP contribution is -2.52. The Hall–Kier alpha value is -3.33. The first kappa shape index (κ1) is 20.6. The van der Waals surface area contributed by atoms with Crippen molar-refractivity contribution in [3.8, 4) is 0 Å². The number of nitrogens with one attached hydrogen (secondary N) is 1. The van der Waals surface area contributed by atoms with Gasteiger partial charge in [-0.1, -0.05) is 18.2 Å². The summed E-state index contributed by atoms with van der Waals surface area (Å²) in [6, 6.07) is 11.3. The number of hydrogen-bond donors (Lipinski definition) is 1. The van der Waals surface area contributed by atoms with Crippen LogP contribution in [0.3, 0.4) is 0 Å². The Morgan fingerprint density at radius 1 is 1.03 bits per heavy atom. The van der Waals surface area contributed by atoms with Crippen molar-refractivity contribution in [1.29, 1.82) is 0 Å². The highest BCUT2D eigenvalue weighted by atomic mass is 19.4. The van der Waals surface area contributed by atoms with Crippen LogP contribution in [0.1, 0.15) is 17.0 Å². The molecule has 2 saturated heterocycles. The number of urea groups is 1. The molecule has 2 fully saturated rings. The van der Waals surface area contributed by atoms with E-state index in [-0.39, 0.29) is 11.6 Å². The van der Waals surface area contributed by atoms with Gasteiger partial charge in [-0.25, -0.2) is 9.69 Å². The number of benzene rings is 2. The van der Waals surface area contributed by atoms with Crippen molar-refractivity contribution in [3.05, 3.63) is 65.9 Å². The third-order valence-corrected chi connectivity index (χ3v) is 6.48. The van der Waals surface area contributed by atoms with Gasteiger partial charge in [0.05, 0.1) is 11.3 Å². The molecular formula is C23H21F3N4O2. The third-order valence-electron chi connectivity index (χ3n) is 6.48. The number of carbonyl (C=O) groups is 2. The van der Waals surface area contributed by atoms with Gasteiger partial charge in [-0.2, -0.15) is 13.2 Å². The van der Waals surface area contributed by atoms with E-state index in [1.807, 2.05) is 54.0 Å². The highest BCUT2D eigenvalue weighted by molar-refractivity contribution is 6.24. The second-order valence-corrected chi connectivity index (χ2v) is 8.55. The van der Waals surface area contributed by atoms with E-state index in [1.165, 1.54) is 0 Å². The predicted octanol–water partition coefficient (Wildman–Crippen LogP) is 3.72. The molecule has 0 saturated carbocycles. The molecule has 0 radical (unpaired) electrons. The number of anilines is 1. The van der Waals surface area contributed by atoms with Gasteiger partial charge in [-0.15, -0.1) is 0 Å². The van der Waals surface area contributed by atoms with Crippen molar-refractivity contribution < 1.29 is 22.8 Å². The van der Waals surface area contributed by atoms with E-state index >= 15 is 0 Å². The number of aromatic nitrogens is 1. The zero-order chi connectivity index (χ0) is 22.8. The maximum Gasteiger partial charge on any atom is 0.416 e. The first-order valence-corrected chi connectivity index (χ1v) is 10.2. The molecule has 5 rings (SSSR count). The Kier molecular flexibility index (Phi) is 4.39. The van der Waals surface area contributed by atoms with E-state index in [4.69, 9.17) is 0 Å². The SMILES string of the molecule is CN1C[C@H](c2cn(C)c3ccccc23)[C@]2(C1)NC(=O)N(c1ccc(C(F)(F)F)cc1)C2=O. The molecule has 3 amide bonds. The van der Waals surface area contributed by atoms with Gasteiger partial charge < -0.3 is 14.8 Å². The molecule has 2 atom stereocenters. The molecule has 166 valence electrons. The zero-order valence-corrected chi connectivity index (χ0v) is 17.5. The van der Waals surface area contributed by atoms with Crippen LogP contribution < -0.4 is 10.2 Å². The number of para-hydroxylation sites is 1. The van der Waals surface area contributed by atoms with E-state index in [9.17, 15) is 22.8 Å². The molecule has 1 N–H and O–H groups in total. The predicted molar refractivity (Wildman–Crippen MR) is 113 cm³/mol. The third kappa shape index (κ3) is 2.91. The van der Waals surface area contributed by atoms with Gasteiger partial charge >= 0.3 is 12.2 Å². The van der Waals surface area contributed by atoms with Gasteiger partial charge in [-0.05, 0) is 42.9 Å². The van der Waals surface area contributed by atoms with Gasteiger partial charge in [0.25, 0.3) is 5.91 Å². The smallest absolute Gasteiger partial charge is 0.350 e. The van der Waals surface area contributed by atoms with Crippen LogP contribution in [0.25, 0.3) is 10.9 Å². The van der Waals surface area contributed by atoms with Crippen LogP contribution >= 0.6 is 0 Å². The lowest BCUT2D eigenvalue weighted by atomic mass is 9.81. The van der Waals surface area contributed by atoms with Crippen LogP contribution in [0, 0.1) is 0 Å². The van der Waals surface area contributed by atoms with Gasteiger partial charge in [0.15, 0.2) is 0 Å². The highest BCUT2D eigenvalue weighted by Crippen LogP contribution is 2.43. The maximum atomic E-state index is 13.7. The second-order valence-electron chi connectivity index (χ2n) is 8.55. The maximum absolute atomic E-state index is 13.7. The van der Waals surface area contributed by atoms with Gasteiger partial charge in [0.2, 0.25) is 0 Å². The molecule has 3 heterocycles. The summed E-state index contributed by atoms with van der Waals surface area (Å²) in [4.78, 5) is 29.6. The summed E-state index contributed by atoms with van der Waals surface area (Å²) in [6.45, 7) is 0.865. The van der Waals surface area contributed by atoms with E-state index in [0.717, 1.165) is 45.6 Å². The largest absolute Gasteiger partial charge is 0.416 e. The van der Waals surface area contributed by atoms with Crippen LogP contribution in [0.15, 0.2) is 54.7 Å². The van der Waals surface area contributed by atoms with E-state index in [2.05, 4.69) is 5.32 Å². The van der Waals surface area contributed by atoms with E-state index < -0.39 is 29.2 Å². The molecule has 2 aromatic carbocycles. The number of likely N-dealkylation sites (tertiary alicyclic amines) is 1. The van der Waals surface area contributed by atoms with Crippen LogP contribution in [0.4, 0.5) is 23.7 Å². The lowest BCUT2D eigenvalue weighted by molar-refractivity contribution is -0.137. The summed E-state index contributed by atoms with van der Waals surface area (Å²) in [6.07, 6.45) is -2.51. The number of carbonyl (C=O) groups excluding carboxylic acids is 2. The number of imide groups is 1. The fourth-order valence-electron chi connectivity index (χ4n) is 5.05. The summed E-state index contributed by atoms with van der Waals surface area (Å²) < 4.78 is 40.8. The van der Waals surface area contributed by atoms with Crippen molar-refractivity contribution in [3.63, 3.8) is 0 Å². The molecule has 6 nitrogen and oxygen atoms in total. The summed E-state index contributed by atoms with van der Waals surface area (Å²) in [7, 11) is 3.81. The standard InChI is InChI=1S/C23H21F3N4O2/c1-28-12-18(17-11-29(2)19-6-4-3-5-16(17)19)22(13-28)20(31)30(21(32)27-22)15-9-7-14(8-10-15)23(24,25)26/h3-11,18H,12-13H2,1-2H3,(H,27,32)/t18-,22+/m1/s1. The topological polar surface area (TPSA) is 57.6 Å². The Bertz CT molecular complexity index is 1230. The zero-order valence-electron chi connectivity index (χ0n) is 17.5. The molecule has 32 heavy (non-hydrogen) atoms. The first-order valence-electron chi connectivity index (χ1n) is 10.2. The Labute approximate surface area is 182 Å². The van der Waals surface area contributed by atoms with E-state index in [0.29, 0.717) is 13.1 Å². The van der Waals surface area contributed by atoms with Gasteiger partial charge in [0, 0.05) is 43.2 Å². The molecule has 1 aromatic heterocycles. The van der Waals surface area contributed by atoms with Crippen molar-refractivity contribution in [2.24, 2.45) is 7.05 Å². The fraction of sp³-hybridized carbons (Fsp3) is 0.304. The fourth-order valence-corrected chi connectivity index (χ4v) is 5.05. The van der Waals surface area contributed by atoms with E-state index in [1.54, 1.807) is 0 Å². The molecular weight excluding hydrogens is 421 g/mol. The number of alkyl halides is 3. The Morgan fingerprint density at radius 3 is 2.41 bits per heavy atom. The quantitative estimate of drug-likeness (QED) is 0.616. The van der Waals surface area contributed by atoms with Crippen molar-refractivity contribution >= 4 is 28.5 Å².